The normalized spacial score (nSPS) is 16.5. The summed E-state index contributed by atoms with van der Waals surface area (Å²) in [4.78, 5) is 5.93. The SMILES string of the molecule is Cc1ccc(C)c(N=c2scc(C)n2N2CCOCC2)c1. The van der Waals surface area contributed by atoms with Gasteiger partial charge in [0, 0.05) is 11.1 Å². The fraction of sp³-hybridized carbons (Fsp3) is 0.438. The van der Waals surface area contributed by atoms with Gasteiger partial charge in [0.25, 0.3) is 0 Å². The molecule has 0 radical (unpaired) electrons. The Kier molecular flexibility index (Phi) is 4.12. The van der Waals surface area contributed by atoms with Crippen LogP contribution in [0.4, 0.5) is 5.69 Å². The molecule has 5 heteroatoms. The van der Waals surface area contributed by atoms with E-state index < -0.39 is 0 Å². The Balaban J connectivity index is 2.06. The van der Waals surface area contributed by atoms with E-state index in [4.69, 9.17) is 9.73 Å². The zero-order valence-electron chi connectivity index (χ0n) is 12.8. The molecule has 1 aliphatic rings. The van der Waals surface area contributed by atoms with Crippen LogP contribution < -0.4 is 9.81 Å². The molecule has 1 aromatic carbocycles. The minimum atomic E-state index is 0.783. The van der Waals surface area contributed by atoms with Crippen molar-refractivity contribution in [3.05, 3.63) is 45.2 Å². The van der Waals surface area contributed by atoms with Crippen molar-refractivity contribution in [2.45, 2.75) is 20.8 Å². The molecular formula is C16H21N3OS. The second-order valence-electron chi connectivity index (χ2n) is 5.44. The van der Waals surface area contributed by atoms with Gasteiger partial charge in [-0.05, 0) is 38.0 Å². The van der Waals surface area contributed by atoms with Crippen molar-refractivity contribution in [2.75, 3.05) is 31.3 Å². The van der Waals surface area contributed by atoms with Gasteiger partial charge in [0.05, 0.1) is 32.0 Å². The largest absolute Gasteiger partial charge is 0.378 e. The van der Waals surface area contributed by atoms with Gasteiger partial charge >= 0.3 is 0 Å². The molecule has 0 spiro atoms. The third-order valence-electron chi connectivity index (χ3n) is 3.70. The molecule has 1 aliphatic heterocycles. The van der Waals surface area contributed by atoms with Gasteiger partial charge in [-0.2, -0.15) is 0 Å². The quantitative estimate of drug-likeness (QED) is 0.854. The summed E-state index contributed by atoms with van der Waals surface area (Å²) in [7, 11) is 0. The standard InChI is InChI=1S/C16H21N3OS/c1-12-4-5-13(2)15(10-12)17-16-19(14(3)11-21-16)18-6-8-20-9-7-18/h4-5,10-11H,6-9H2,1-3H3. The number of rotatable bonds is 2. The second kappa shape index (κ2) is 6.03. The molecule has 2 aromatic rings. The van der Waals surface area contributed by atoms with Gasteiger partial charge in [-0.25, -0.2) is 9.67 Å². The summed E-state index contributed by atoms with van der Waals surface area (Å²) in [5, 5.41) is 4.48. The molecule has 112 valence electrons. The molecule has 1 fully saturated rings. The predicted molar refractivity (Wildman–Crippen MR) is 87.0 cm³/mol. The van der Waals surface area contributed by atoms with Crippen molar-refractivity contribution in [3.8, 4) is 0 Å². The Bertz CT molecular complexity index is 696. The van der Waals surface area contributed by atoms with Crippen molar-refractivity contribution in [2.24, 2.45) is 4.99 Å². The number of aryl methyl sites for hydroxylation is 3. The van der Waals surface area contributed by atoms with E-state index in [1.165, 1.54) is 16.8 Å². The Labute approximate surface area is 129 Å². The van der Waals surface area contributed by atoms with E-state index in [1.807, 2.05) is 0 Å². The first-order chi connectivity index (χ1) is 10.1. The molecule has 0 bridgehead atoms. The lowest BCUT2D eigenvalue weighted by molar-refractivity contribution is 0.110. The highest BCUT2D eigenvalue weighted by Crippen LogP contribution is 2.19. The van der Waals surface area contributed by atoms with Crippen LogP contribution >= 0.6 is 11.3 Å². The first-order valence-corrected chi connectivity index (χ1v) is 8.15. The zero-order chi connectivity index (χ0) is 14.8. The minimum Gasteiger partial charge on any atom is -0.378 e. The van der Waals surface area contributed by atoms with Gasteiger partial charge < -0.3 is 9.75 Å². The molecule has 21 heavy (non-hydrogen) atoms. The topological polar surface area (TPSA) is 29.8 Å². The monoisotopic (exact) mass is 303 g/mol. The summed E-state index contributed by atoms with van der Waals surface area (Å²) in [5.41, 5.74) is 4.73. The van der Waals surface area contributed by atoms with Gasteiger partial charge in [-0.1, -0.05) is 12.1 Å². The van der Waals surface area contributed by atoms with Crippen LogP contribution in [0, 0.1) is 20.8 Å². The van der Waals surface area contributed by atoms with E-state index in [2.05, 4.69) is 54.0 Å². The van der Waals surface area contributed by atoms with Crippen molar-refractivity contribution in [1.82, 2.24) is 4.68 Å². The molecule has 0 unspecified atom stereocenters. The molecule has 0 saturated carbocycles. The van der Waals surface area contributed by atoms with Crippen LogP contribution in [0.2, 0.25) is 0 Å². The first kappa shape index (κ1) is 14.4. The van der Waals surface area contributed by atoms with E-state index in [1.54, 1.807) is 11.3 Å². The summed E-state index contributed by atoms with van der Waals surface area (Å²) in [6.07, 6.45) is 0. The van der Waals surface area contributed by atoms with Gasteiger partial charge in [0.2, 0.25) is 4.80 Å². The van der Waals surface area contributed by atoms with Crippen molar-refractivity contribution < 1.29 is 4.74 Å². The molecule has 0 atom stereocenters. The Morgan fingerprint density at radius 3 is 2.67 bits per heavy atom. The highest BCUT2D eigenvalue weighted by atomic mass is 32.1. The van der Waals surface area contributed by atoms with Gasteiger partial charge in [-0.15, -0.1) is 11.3 Å². The Morgan fingerprint density at radius 2 is 1.90 bits per heavy atom. The lowest BCUT2D eigenvalue weighted by atomic mass is 10.1. The molecule has 0 aliphatic carbocycles. The minimum absolute atomic E-state index is 0.783. The molecule has 2 heterocycles. The maximum Gasteiger partial charge on any atom is 0.209 e. The van der Waals surface area contributed by atoms with Crippen molar-refractivity contribution in [3.63, 3.8) is 0 Å². The number of ether oxygens (including phenoxy) is 1. The lowest BCUT2D eigenvalue weighted by Gasteiger charge is -2.30. The van der Waals surface area contributed by atoms with Crippen LogP contribution in [0.15, 0.2) is 28.6 Å². The smallest absolute Gasteiger partial charge is 0.209 e. The summed E-state index contributed by atoms with van der Waals surface area (Å²) >= 11 is 1.69. The van der Waals surface area contributed by atoms with E-state index in [-0.39, 0.29) is 0 Å². The fourth-order valence-corrected chi connectivity index (χ4v) is 3.39. The number of aromatic nitrogens is 1. The molecule has 0 amide bonds. The second-order valence-corrected chi connectivity index (χ2v) is 6.28. The Hall–Kier alpha value is -1.59. The van der Waals surface area contributed by atoms with Crippen LogP contribution in [-0.4, -0.2) is 31.0 Å². The first-order valence-electron chi connectivity index (χ1n) is 7.27. The molecule has 3 rings (SSSR count). The fourth-order valence-electron chi connectivity index (χ4n) is 2.50. The third-order valence-corrected chi connectivity index (χ3v) is 4.64. The highest BCUT2D eigenvalue weighted by molar-refractivity contribution is 7.07. The van der Waals surface area contributed by atoms with Gasteiger partial charge in [-0.3, -0.25) is 0 Å². The maximum absolute atomic E-state index is 5.45. The van der Waals surface area contributed by atoms with Crippen LogP contribution in [-0.2, 0) is 4.74 Å². The number of nitrogens with zero attached hydrogens (tertiary/aromatic N) is 3. The van der Waals surface area contributed by atoms with Gasteiger partial charge in [0.1, 0.15) is 0 Å². The number of hydrogen-bond donors (Lipinski definition) is 0. The summed E-state index contributed by atoms with van der Waals surface area (Å²) in [5.74, 6) is 0. The number of thiazole rings is 1. The molecule has 1 saturated heterocycles. The van der Waals surface area contributed by atoms with Crippen molar-refractivity contribution >= 4 is 17.0 Å². The molecular weight excluding hydrogens is 282 g/mol. The summed E-state index contributed by atoms with van der Waals surface area (Å²) in [6.45, 7) is 9.74. The third kappa shape index (κ3) is 3.04. The van der Waals surface area contributed by atoms with Crippen LogP contribution in [0.5, 0.6) is 0 Å². The molecule has 4 nitrogen and oxygen atoms in total. The Morgan fingerprint density at radius 1 is 1.14 bits per heavy atom. The maximum atomic E-state index is 5.45. The molecule has 1 aromatic heterocycles. The zero-order valence-corrected chi connectivity index (χ0v) is 13.6. The summed E-state index contributed by atoms with van der Waals surface area (Å²) < 4.78 is 7.68. The lowest BCUT2D eigenvalue weighted by Crippen LogP contribution is -2.48. The van der Waals surface area contributed by atoms with Crippen LogP contribution in [0.3, 0.4) is 0 Å². The molecule has 0 N–H and O–H groups in total. The van der Waals surface area contributed by atoms with Crippen molar-refractivity contribution in [1.29, 1.82) is 0 Å². The number of hydrogen-bond acceptors (Lipinski definition) is 4. The predicted octanol–water partition coefficient (Wildman–Crippen LogP) is 2.68. The average molecular weight is 303 g/mol. The summed E-state index contributed by atoms with van der Waals surface area (Å²) in [6, 6.07) is 6.41. The van der Waals surface area contributed by atoms with E-state index in [0.29, 0.717) is 0 Å². The van der Waals surface area contributed by atoms with E-state index >= 15 is 0 Å². The van der Waals surface area contributed by atoms with Crippen LogP contribution in [0.1, 0.15) is 16.8 Å². The number of benzene rings is 1. The number of morpholine rings is 1. The van der Waals surface area contributed by atoms with E-state index in [0.717, 1.165) is 36.8 Å². The average Bonchev–Trinajstić information content (AvgIpc) is 2.85. The van der Waals surface area contributed by atoms with Crippen LogP contribution in [0.25, 0.3) is 0 Å². The van der Waals surface area contributed by atoms with Gasteiger partial charge in [0.15, 0.2) is 0 Å². The van der Waals surface area contributed by atoms with E-state index in [9.17, 15) is 0 Å². The highest BCUT2D eigenvalue weighted by Gasteiger charge is 2.14.